The molecule has 2 fully saturated rings. The molecule has 2 heterocycles. The fraction of sp³-hybridized carbons (Fsp3) is 0.600. The van der Waals surface area contributed by atoms with Crippen LogP contribution in [0.3, 0.4) is 0 Å². The van der Waals surface area contributed by atoms with Crippen molar-refractivity contribution < 1.29 is 13.2 Å². The number of piperidine rings is 1. The molecule has 2 saturated heterocycles. The van der Waals surface area contributed by atoms with Gasteiger partial charge in [-0.1, -0.05) is 23.7 Å². The third-order valence-electron chi connectivity index (χ3n) is 4.60. The number of likely N-dealkylation sites (N-methyl/N-ethyl adjacent to an activating group) is 1. The minimum absolute atomic E-state index is 0.112. The van der Waals surface area contributed by atoms with Crippen LogP contribution in [0.4, 0.5) is 0 Å². The number of hydrogen-bond acceptors (Lipinski definition) is 4. The van der Waals surface area contributed by atoms with E-state index in [1.807, 2.05) is 20.0 Å². The van der Waals surface area contributed by atoms with Gasteiger partial charge in [0.05, 0.1) is 17.7 Å². The van der Waals surface area contributed by atoms with Gasteiger partial charge in [-0.2, -0.15) is 4.31 Å². The zero-order valence-corrected chi connectivity index (χ0v) is 14.4. The van der Waals surface area contributed by atoms with Crippen LogP contribution in [0.25, 0.3) is 0 Å². The van der Waals surface area contributed by atoms with Crippen LogP contribution in [0.2, 0.25) is 5.02 Å². The molecule has 0 saturated carbocycles. The molecule has 5 nitrogen and oxygen atoms in total. The Labute approximate surface area is 136 Å². The maximum atomic E-state index is 12.9. The van der Waals surface area contributed by atoms with Gasteiger partial charge in [0, 0.05) is 25.7 Å². The molecule has 0 amide bonds. The lowest BCUT2D eigenvalue weighted by Gasteiger charge is -2.45. The van der Waals surface area contributed by atoms with Crippen LogP contribution in [0, 0.1) is 6.92 Å². The van der Waals surface area contributed by atoms with Gasteiger partial charge in [0.15, 0.2) is 0 Å². The standard InChI is InChI=1S/C15H21ClN2O3S/c1-11-4-3-5-14(15(11)16)22(19,20)18-7-6-13-12(10-18)17(2)8-9-21-13/h3-5,12-13H,6-10H2,1-2H3/t12-,13+/m1/s1. The summed E-state index contributed by atoms with van der Waals surface area (Å²) >= 11 is 6.22. The van der Waals surface area contributed by atoms with Crippen molar-refractivity contribution in [3.8, 4) is 0 Å². The molecule has 0 aliphatic carbocycles. The molecule has 22 heavy (non-hydrogen) atoms. The van der Waals surface area contributed by atoms with Crippen molar-refractivity contribution in [2.24, 2.45) is 0 Å². The van der Waals surface area contributed by atoms with Gasteiger partial charge in [-0.15, -0.1) is 0 Å². The summed E-state index contributed by atoms with van der Waals surface area (Å²) in [5.74, 6) is 0. The number of fused-ring (bicyclic) bond motifs is 1. The summed E-state index contributed by atoms with van der Waals surface area (Å²) in [4.78, 5) is 2.39. The van der Waals surface area contributed by atoms with Crippen LogP contribution >= 0.6 is 11.6 Å². The first-order valence-electron chi connectivity index (χ1n) is 7.48. The molecule has 0 unspecified atom stereocenters. The first kappa shape index (κ1) is 16.2. The molecule has 7 heteroatoms. The quantitative estimate of drug-likeness (QED) is 0.820. The largest absolute Gasteiger partial charge is 0.375 e. The van der Waals surface area contributed by atoms with Crippen LogP contribution in [0.1, 0.15) is 12.0 Å². The Balaban J connectivity index is 1.88. The smallest absolute Gasteiger partial charge is 0.244 e. The van der Waals surface area contributed by atoms with Crippen molar-refractivity contribution >= 4 is 21.6 Å². The van der Waals surface area contributed by atoms with Gasteiger partial charge in [0.2, 0.25) is 10.0 Å². The minimum Gasteiger partial charge on any atom is -0.375 e. The minimum atomic E-state index is -3.57. The second-order valence-corrected chi connectivity index (χ2v) is 8.28. The molecule has 1 aromatic carbocycles. The fourth-order valence-corrected chi connectivity index (χ4v) is 5.22. The lowest BCUT2D eigenvalue weighted by molar-refractivity contribution is -0.0840. The van der Waals surface area contributed by atoms with Crippen molar-refractivity contribution in [2.45, 2.75) is 30.4 Å². The molecule has 2 atom stereocenters. The molecule has 0 spiro atoms. The number of ether oxygens (including phenoxy) is 1. The van der Waals surface area contributed by atoms with E-state index in [0.29, 0.717) is 24.7 Å². The highest BCUT2D eigenvalue weighted by molar-refractivity contribution is 7.89. The third-order valence-corrected chi connectivity index (χ3v) is 7.12. The number of morpholine rings is 1. The summed E-state index contributed by atoms with van der Waals surface area (Å²) in [6.45, 7) is 4.29. The van der Waals surface area contributed by atoms with Gasteiger partial charge in [-0.05, 0) is 32.0 Å². The van der Waals surface area contributed by atoms with E-state index in [1.165, 1.54) is 0 Å². The average Bonchev–Trinajstić information content (AvgIpc) is 2.50. The Morgan fingerprint density at radius 3 is 2.86 bits per heavy atom. The lowest BCUT2D eigenvalue weighted by Crippen LogP contribution is -2.59. The number of aryl methyl sites for hydroxylation is 1. The van der Waals surface area contributed by atoms with E-state index in [-0.39, 0.29) is 17.0 Å². The molecule has 2 aliphatic rings. The van der Waals surface area contributed by atoms with E-state index >= 15 is 0 Å². The van der Waals surface area contributed by atoms with E-state index in [1.54, 1.807) is 16.4 Å². The summed E-state index contributed by atoms with van der Waals surface area (Å²) < 4.78 is 33.2. The van der Waals surface area contributed by atoms with E-state index in [9.17, 15) is 8.42 Å². The Morgan fingerprint density at radius 2 is 2.09 bits per heavy atom. The normalized spacial score (nSPS) is 27.6. The number of nitrogens with zero attached hydrogens (tertiary/aromatic N) is 2. The predicted octanol–water partition coefficient (Wildman–Crippen LogP) is 1.74. The Hall–Kier alpha value is -0.660. The zero-order chi connectivity index (χ0) is 15.9. The Morgan fingerprint density at radius 1 is 1.32 bits per heavy atom. The summed E-state index contributed by atoms with van der Waals surface area (Å²) in [7, 11) is -1.55. The highest BCUT2D eigenvalue weighted by Gasteiger charge is 2.40. The van der Waals surface area contributed by atoms with E-state index in [4.69, 9.17) is 16.3 Å². The first-order chi connectivity index (χ1) is 10.4. The van der Waals surface area contributed by atoms with Gasteiger partial charge in [-0.25, -0.2) is 8.42 Å². The number of benzene rings is 1. The topological polar surface area (TPSA) is 49.9 Å². The van der Waals surface area contributed by atoms with E-state index < -0.39 is 10.0 Å². The molecule has 0 aromatic heterocycles. The molecule has 3 rings (SSSR count). The van der Waals surface area contributed by atoms with Crippen LogP contribution in [-0.2, 0) is 14.8 Å². The fourth-order valence-electron chi connectivity index (χ4n) is 3.19. The molecule has 0 N–H and O–H groups in total. The molecule has 0 radical (unpaired) electrons. The SMILES string of the molecule is Cc1cccc(S(=O)(=O)N2CC[C@@H]3OCCN(C)[C@@H]3C2)c1Cl. The van der Waals surface area contributed by atoms with Gasteiger partial charge < -0.3 is 4.74 Å². The van der Waals surface area contributed by atoms with E-state index in [2.05, 4.69) is 4.90 Å². The Kier molecular flexibility index (Phi) is 4.49. The summed E-state index contributed by atoms with van der Waals surface area (Å²) in [6.07, 6.45) is 0.843. The van der Waals surface area contributed by atoms with Crippen molar-refractivity contribution in [3.05, 3.63) is 28.8 Å². The van der Waals surface area contributed by atoms with Gasteiger partial charge in [-0.3, -0.25) is 4.90 Å². The number of rotatable bonds is 2. The molecule has 122 valence electrons. The summed E-state index contributed by atoms with van der Waals surface area (Å²) in [6, 6.07) is 5.24. The third kappa shape index (κ3) is 2.78. The highest BCUT2D eigenvalue weighted by Crippen LogP contribution is 2.31. The molecule has 1 aromatic rings. The maximum Gasteiger partial charge on any atom is 0.244 e. The molecule has 0 bridgehead atoms. The summed E-state index contributed by atoms with van der Waals surface area (Å²) in [5.41, 5.74) is 0.774. The van der Waals surface area contributed by atoms with Crippen molar-refractivity contribution in [3.63, 3.8) is 0 Å². The van der Waals surface area contributed by atoms with Gasteiger partial charge in [0.25, 0.3) is 0 Å². The monoisotopic (exact) mass is 344 g/mol. The molecular formula is C15H21ClN2O3S. The number of hydrogen-bond donors (Lipinski definition) is 0. The number of sulfonamides is 1. The highest BCUT2D eigenvalue weighted by atomic mass is 35.5. The predicted molar refractivity (Wildman–Crippen MR) is 85.7 cm³/mol. The Bertz CT molecular complexity index is 665. The molecular weight excluding hydrogens is 324 g/mol. The second kappa shape index (κ2) is 6.09. The second-order valence-electron chi connectivity index (χ2n) is 6.00. The average molecular weight is 345 g/mol. The van der Waals surface area contributed by atoms with Crippen LogP contribution in [0.5, 0.6) is 0 Å². The van der Waals surface area contributed by atoms with Crippen LogP contribution < -0.4 is 0 Å². The lowest BCUT2D eigenvalue weighted by atomic mass is 10.0. The van der Waals surface area contributed by atoms with Crippen molar-refractivity contribution in [1.82, 2.24) is 9.21 Å². The van der Waals surface area contributed by atoms with Gasteiger partial charge in [0.1, 0.15) is 4.90 Å². The van der Waals surface area contributed by atoms with Crippen molar-refractivity contribution in [2.75, 3.05) is 33.3 Å². The number of halogens is 1. The molecule has 2 aliphatic heterocycles. The van der Waals surface area contributed by atoms with Crippen molar-refractivity contribution in [1.29, 1.82) is 0 Å². The maximum absolute atomic E-state index is 12.9. The zero-order valence-electron chi connectivity index (χ0n) is 12.8. The summed E-state index contributed by atoms with van der Waals surface area (Å²) in [5, 5.41) is 0.317. The van der Waals surface area contributed by atoms with E-state index in [0.717, 1.165) is 18.5 Å². The van der Waals surface area contributed by atoms with Crippen LogP contribution in [0.15, 0.2) is 23.1 Å². The van der Waals surface area contributed by atoms with Crippen LogP contribution in [-0.4, -0.2) is 63.1 Å². The van der Waals surface area contributed by atoms with Gasteiger partial charge >= 0.3 is 0 Å². The first-order valence-corrected chi connectivity index (χ1v) is 9.30.